The molecule has 0 unspecified atom stereocenters. The topological polar surface area (TPSA) is 167 Å². The van der Waals surface area contributed by atoms with Crippen LogP contribution in [0.5, 0.6) is 69.0 Å². The summed E-state index contributed by atoms with van der Waals surface area (Å²) in [6.07, 6.45) is 8.83. The average Bonchev–Trinajstić information content (AvgIpc) is 0.691. The molecule has 18 heterocycles. The number of unbranched alkanes of at least 4 members (excludes halogenated alkanes) is 6. The van der Waals surface area contributed by atoms with Gasteiger partial charge in [0.25, 0.3) is 23.6 Å². The molecule has 16 heteroatoms. The zero-order valence-corrected chi connectivity index (χ0v) is 50.0. The molecule has 9 aromatic carbocycles. The maximum Gasteiger partial charge on any atom is 0.261 e. The van der Waals surface area contributed by atoms with Crippen molar-refractivity contribution in [3.05, 3.63) is 144 Å². The molecule has 4 amide bonds. The highest BCUT2D eigenvalue weighted by molar-refractivity contribution is 6.45. The van der Waals surface area contributed by atoms with Gasteiger partial charge in [0.2, 0.25) is 0 Å². The van der Waals surface area contributed by atoms with Crippen LogP contribution in [0.4, 0.5) is 0 Å². The lowest BCUT2D eigenvalue weighted by Gasteiger charge is -2.35. The molecular weight excluding hydrogens is 1120 g/mol. The van der Waals surface area contributed by atoms with Crippen LogP contribution >= 0.6 is 0 Å². The molecule has 2 atom stereocenters. The normalized spacial score (nSPS) is 16.2. The van der Waals surface area contributed by atoms with E-state index in [1.165, 1.54) is 9.80 Å². The summed E-state index contributed by atoms with van der Waals surface area (Å²) in [7, 11) is 0. The highest BCUT2D eigenvalue weighted by Gasteiger charge is 2.43. The molecule has 27 rings (SSSR count). The molecule has 0 spiro atoms. The Morgan fingerprint density at radius 1 is 0.318 bits per heavy atom. The van der Waals surface area contributed by atoms with Gasteiger partial charge in [0, 0.05) is 55.2 Å². The molecular formula is C72H70N2O14. The SMILES string of the molecule is CCCCCC[C@@H](C)N1C(=O)c2cc3c4c5c6cc7c8c(cc(c(c9c(cc(c2c49)C1=O)Oc1ccc(cc1)OCCOCCOc1ccc(cc1)O6)c85)Oc1ccc(cc1)OCCOCCOc1ccc(cc1)O3)C(=O)N([C@H](C)CCCCCC)C7=O. The Kier molecular flexibility index (Phi) is 16.7. The van der Waals surface area contributed by atoms with Gasteiger partial charge in [-0.3, -0.25) is 29.0 Å². The summed E-state index contributed by atoms with van der Waals surface area (Å²) in [4.78, 5) is 65.7. The van der Waals surface area contributed by atoms with Crippen molar-refractivity contribution in [3.63, 3.8) is 0 Å². The van der Waals surface area contributed by atoms with Crippen LogP contribution in [0.1, 0.15) is 133 Å². The van der Waals surface area contributed by atoms with Gasteiger partial charge < -0.3 is 47.4 Å². The number of imide groups is 2. The average molecular weight is 1190 g/mol. The van der Waals surface area contributed by atoms with E-state index in [2.05, 4.69) is 13.8 Å². The quantitative estimate of drug-likeness (QED) is 0.0490. The van der Waals surface area contributed by atoms with Crippen molar-refractivity contribution in [2.45, 2.75) is 104 Å². The minimum Gasteiger partial charge on any atom is -0.491 e. The molecule has 0 aliphatic carbocycles. The van der Waals surface area contributed by atoms with E-state index in [0.717, 1.165) is 51.4 Å². The van der Waals surface area contributed by atoms with Gasteiger partial charge in [-0.1, -0.05) is 65.2 Å². The van der Waals surface area contributed by atoms with Crippen LogP contribution in [0.2, 0.25) is 0 Å². The second-order valence-corrected chi connectivity index (χ2v) is 23.0. The largest absolute Gasteiger partial charge is 0.491 e. The van der Waals surface area contributed by atoms with E-state index in [9.17, 15) is 0 Å². The molecule has 0 saturated heterocycles. The monoisotopic (exact) mass is 1190 g/mol. The molecule has 18 aliphatic rings. The Hall–Kier alpha value is -9.12. The first-order chi connectivity index (χ1) is 43.1. The van der Waals surface area contributed by atoms with Gasteiger partial charge in [-0.05, 0) is 148 Å². The van der Waals surface area contributed by atoms with Crippen LogP contribution in [0.25, 0.3) is 43.1 Å². The lowest BCUT2D eigenvalue weighted by molar-refractivity contribution is 0.0526. The van der Waals surface area contributed by atoms with E-state index in [4.69, 9.17) is 47.4 Å². The van der Waals surface area contributed by atoms with Crippen LogP contribution in [0.15, 0.2) is 121 Å². The Morgan fingerprint density at radius 2 is 0.568 bits per heavy atom. The smallest absolute Gasteiger partial charge is 0.261 e. The number of hydrogen-bond donors (Lipinski definition) is 0. The number of rotatable bonds is 12. The molecule has 88 heavy (non-hydrogen) atoms. The highest BCUT2D eigenvalue weighted by Crippen LogP contribution is 2.58. The van der Waals surface area contributed by atoms with Crippen molar-refractivity contribution in [3.8, 4) is 69.0 Å². The maximum atomic E-state index is 15.7. The van der Waals surface area contributed by atoms with E-state index < -0.39 is 35.7 Å². The van der Waals surface area contributed by atoms with Gasteiger partial charge >= 0.3 is 0 Å². The molecule has 0 N–H and O–H groups in total. The van der Waals surface area contributed by atoms with E-state index in [0.29, 0.717) is 128 Å². The fourth-order valence-corrected chi connectivity index (χ4v) is 12.7. The fourth-order valence-electron chi connectivity index (χ4n) is 12.7. The Balaban J connectivity index is 1.18. The lowest BCUT2D eigenvalue weighted by Crippen LogP contribution is -2.46. The first kappa shape index (κ1) is 57.9. The van der Waals surface area contributed by atoms with Crippen LogP contribution in [-0.4, -0.2) is 98.4 Å². The zero-order valence-electron chi connectivity index (χ0n) is 50.0. The second kappa shape index (κ2) is 25.3. The molecule has 452 valence electrons. The summed E-state index contributed by atoms with van der Waals surface area (Å²) in [5, 5.41) is 3.18. The minimum absolute atomic E-state index is 0.216. The molecule has 0 radical (unpaired) electrons. The molecule has 0 saturated carbocycles. The van der Waals surface area contributed by atoms with Crippen LogP contribution in [-0.2, 0) is 9.47 Å². The van der Waals surface area contributed by atoms with Gasteiger partial charge in [-0.15, -0.1) is 0 Å². The summed E-state index contributed by atoms with van der Waals surface area (Å²) in [6.45, 7) is 10.5. The zero-order chi connectivity index (χ0) is 60.4. The maximum absolute atomic E-state index is 15.7. The highest BCUT2D eigenvalue weighted by atomic mass is 16.6. The van der Waals surface area contributed by atoms with Gasteiger partial charge in [0.15, 0.2) is 0 Å². The van der Waals surface area contributed by atoms with Crippen LogP contribution < -0.4 is 37.9 Å². The number of benzene rings is 9. The third-order valence-corrected chi connectivity index (χ3v) is 17.0. The van der Waals surface area contributed by atoms with Crippen molar-refractivity contribution in [2.24, 2.45) is 0 Å². The number of amides is 4. The summed E-state index contributed by atoms with van der Waals surface area (Å²) in [5.74, 6) is 2.75. The first-order valence-corrected chi connectivity index (χ1v) is 31.0. The van der Waals surface area contributed by atoms with E-state index in [1.807, 2.05) is 13.8 Å². The van der Waals surface area contributed by atoms with Gasteiger partial charge in [0.05, 0.1) is 48.7 Å². The van der Waals surface area contributed by atoms with Crippen LogP contribution in [0.3, 0.4) is 0 Å². The third-order valence-electron chi connectivity index (χ3n) is 17.0. The number of nitrogens with zero attached hydrogens (tertiary/aromatic N) is 2. The van der Waals surface area contributed by atoms with Crippen molar-refractivity contribution in [1.29, 1.82) is 0 Å². The Bertz CT molecular complexity index is 3590. The predicted molar refractivity (Wildman–Crippen MR) is 335 cm³/mol. The van der Waals surface area contributed by atoms with Gasteiger partial charge in [0.1, 0.15) is 95.4 Å². The molecule has 9 aromatic rings. The number of carbonyl (C=O) groups is 4. The first-order valence-electron chi connectivity index (χ1n) is 31.0. The predicted octanol–water partition coefficient (Wildman–Crippen LogP) is 16.4. The third kappa shape index (κ3) is 11.2. The summed E-state index contributed by atoms with van der Waals surface area (Å²) < 4.78 is 65.0. The Morgan fingerprint density at radius 3 is 0.818 bits per heavy atom. The van der Waals surface area contributed by atoms with E-state index >= 15 is 19.2 Å². The molecule has 16 nitrogen and oxygen atoms in total. The van der Waals surface area contributed by atoms with Crippen molar-refractivity contribution < 1.29 is 66.5 Å². The fraction of sp³-hybridized carbons (Fsp3) is 0.333. The molecule has 18 bridgehead atoms. The summed E-state index contributed by atoms with van der Waals surface area (Å²) >= 11 is 0. The number of carbonyl (C=O) groups excluding carboxylic acids is 4. The standard InChI is InChI=1S/C72H70N2O14/c1-5-7-9-11-13-43(3)73-69(75)53-39-57-63-65-59-41-55-62-56(72(78)74(71(55)77)44(4)14-12-10-8-6-2)42-60(88-52-29-19-47(20-30-52)83-37-33-79-31-35-81-45-15-23-49(85-57)24-16-45)66(68(62)65)64-58(40-54(70(73)76)61(53)67(63)64)86-50-25-17-46(18-26-50)82-36-32-80-34-38-84-48-21-27-51(87-59)28-22-48/h15-30,39-44H,5-14,31-38H2,1-4H3/t43-,44-/m1/s1. The Labute approximate surface area is 510 Å². The summed E-state index contributed by atoms with van der Waals surface area (Å²) in [6, 6.07) is 34.5. The van der Waals surface area contributed by atoms with Crippen molar-refractivity contribution >= 4 is 66.7 Å². The second-order valence-electron chi connectivity index (χ2n) is 23.0. The van der Waals surface area contributed by atoms with Crippen LogP contribution in [0, 0.1) is 0 Å². The number of hydrogen-bond acceptors (Lipinski definition) is 14. The lowest BCUT2D eigenvalue weighted by atomic mass is 9.80. The van der Waals surface area contributed by atoms with Crippen molar-refractivity contribution in [1.82, 2.24) is 9.80 Å². The molecule has 18 aliphatic heterocycles. The van der Waals surface area contributed by atoms with Crippen molar-refractivity contribution in [2.75, 3.05) is 52.9 Å². The summed E-state index contributed by atoms with van der Waals surface area (Å²) in [5.41, 5.74) is 0.904. The van der Waals surface area contributed by atoms with Gasteiger partial charge in [-0.2, -0.15) is 0 Å². The molecule has 0 fully saturated rings. The minimum atomic E-state index is -0.488. The van der Waals surface area contributed by atoms with Gasteiger partial charge in [-0.25, -0.2) is 0 Å². The van der Waals surface area contributed by atoms with E-state index in [-0.39, 0.29) is 71.7 Å². The molecule has 0 aromatic heterocycles. The van der Waals surface area contributed by atoms with E-state index in [1.54, 1.807) is 121 Å². The number of ether oxygens (including phenoxy) is 10.